The Hall–Kier alpha value is -2.29. The van der Waals surface area contributed by atoms with Crippen LogP contribution in [0.4, 0.5) is 0 Å². The van der Waals surface area contributed by atoms with Gasteiger partial charge in [0.1, 0.15) is 11.5 Å². The fourth-order valence-corrected chi connectivity index (χ4v) is 5.48. The maximum Gasteiger partial charge on any atom is 0.308 e. The molecule has 0 bridgehead atoms. The molecule has 1 aliphatic carbocycles. The molecule has 0 radical (unpaired) electrons. The topological polar surface area (TPSA) is 35.5 Å². The van der Waals surface area contributed by atoms with Crippen molar-refractivity contribution in [2.45, 2.75) is 72.1 Å². The number of carbonyl (C=O) groups is 1. The summed E-state index contributed by atoms with van der Waals surface area (Å²) in [5.41, 5.74) is 7.84. The second-order valence-electron chi connectivity index (χ2n) is 8.30. The summed E-state index contributed by atoms with van der Waals surface area (Å²) in [6.07, 6.45) is 6.05. The predicted octanol–water partition coefficient (Wildman–Crippen LogP) is 6.10. The monoisotopic (exact) mass is 380 g/mol. The molecule has 0 spiro atoms. The third-order valence-electron chi connectivity index (χ3n) is 6.17. The van der Waals surface area contributed by atoms with Crippen molar-refractivity contribution >= 4 is 5.97 Å². The molecular weight excluding hydrogens is 348 g/mol. The number of ether oxygens (including phenoxy) is 2. The summed E-state index contributed by atoms with van der Waals surface area (Å²) < 4.78 is 10.9. The summed E-state index contributed by atoms with van der Waals surface area (Å²) in [5.74, 6) is 1.28. The highest BCUT2D eigenvalue weighted by atomic mass is 16.5. The van der Waals surface area contributed by atoms with Gasteiger partial charge >= 0.3 is 5.97 Å². The van der Waals surface area contributed by atoms with Crippen molar-refractivity contribution in [1.82, 2.24) is 0 Å². The van der Waals surface area contributed by atoms with E-state index in [0.717, 1.165) is 18.6 Å². The maximum atomic E-state index is 11.4. The molecule has 0 unspecified atom stereocenters. The van der Waals surface area contributed by atoms with E-state index in [0.29, 0.717) is 5.75 Å². The van der Waals surface area contributed by atoms with Crippen LogP contribution in [0.1, 0.15) is 72.4 Å². The molecule has 28 heavy (non-hydrogen) atoms. The Kier molecular flexibility index (Phi) is 5.83. The van der Waals surface area contributed by atoms with Gasteiger partial charge in [0, 0.05) is 12.3 Å². The zero-order chi connectivity index (χ0) is 20.5. The number of hydrogen-bond donors (Lipinski definition) is 0. The van der Waals surface area contributed by atoms with Crippen molar-refractivity contribution in [3.05, 3.63) is 57.6 Å². The lowest BCUT2D eigenvalue weighted by molar-refractivity contribution is -0.131. The van der Waals surface area contributed by atoms with E-state index in [-0.39, 0.29) is 11.4 Å². The van der Waals surface area contributed by atoms with Crippen LogP contribution in [0.2, 0.25) is 0 Å². The van der Waals surface area contributed by atoms with Gasteiger partial charge in [0.15, 0.2) is 0 Å². The highest BCUT2D eigenvalue weighted by Crippen LogP contribution is 2.50. The molecule has 3 rings (SSSR count). The van der Waals surface area contributed by atoms with Gasteiger partial charge in [-0.1, -0.05) is 19.3 Å². The number of carbonyl (C=O) groups excluding carboxylic acids is 1. The number of aryl methyl sites for hydroxylation is 4. The maximum absolute atomic E-state index is 11.4. The molecule has 1 aliphatic rings. The summed E-state index contributed by atoms with van der Waals surface area (Å²) in [4.78, 5) is 11.4. The van der Waals surface area contributed by atoms with E-state index >= 15 is 0 Å². The van der Waals surface area contributed by atoms with Gasteiger partial charge in [-0.15, -0.1) is 0 Å². The van der Waals surface area contributed by atoms with E-state index in [9.17, 15) is 4.79 Å². The molecule has 3 nitrogen and oxygen atoms in total. The zero-order valence-electron chi connectivity index (χ0n) is 18.1. The molecule has 0 atom stereocenters. The van der Waals surface area contributed by atoms with Crippen LogP contribution < -0.4 is 9.47 Å². The first kappa shape index (κ1) is 20.4. The predicted molar refractivity (Wildman–Crippen MR) is 114 cm³/mol. The Morgan fingerprint density at radius 2 is 1.21 bits per heavy atom. The van der Waals surface area contributed by atoms with Gasteiger partial charge in [-0.25, -0.2) is 0 Å². The molecule has 3 heteroatoms. The Balaban J connectivity index is 2.23. The van der Waals surface area contributed by atoms with Gasteiger partial charge in [-0.05, 0) is 98.2 Å². The molecule has 150 valence electrons. The molecule has 2 aromatic rings. The third-order valence-corrected chi connectivity index (χ3v) is 6.17. The van der Waals surface area contributed by atoms with Crippen molar-refractivity contribution in [3.63, 3.8) is 0 Å². The van der Waals surface area contributed by atoms with Gasteiger partial charge in [-0.2, -0.15) is 0 Å². The molecule has 0 aromatic heterocycles. The molecule has 1 saturated carbocycles. The minimum Gasteiger partial charge on any atom is -0.497 e. The van der Waals surface area contributed by atoms with Crippen LogP contribution >= 0.6 is 0 Å². The Labute approximate surface area is 169 Å². The van der Waals surface area contributed by atoms with E-state index in [2.05, 4.69) is 39.8 Å². The zero-order valence-corrected chi connectivity index (χ0v) is 18.1. The third kappa shape index (κ3) is 3.67. The minimum atomic E-state index is -0.277. The van der Waals surface area contributed by atoms with Gasteiger partial charge in [-0.3, -0.25) is 4.79 Å². The lowest BCUT2D eigenvalue weighted by atomic mass is 9.61. The summed E-state index contributed by atoms with van der Waals surface area (Å²) >= 11 is 0. The molecule has 0 amide bonds. The standard InChI is InChI=1S/C25H32O3/c1-16-12-21(27-6)13-17(2)23(16)25(10-8-7-9-11-25)24-18(3)14-22(15-19(24)4)28-20(5)26/h12-15H,7-11H2,1-6H3. The van der Waals surface area contributed by atoms with Crippen molar-refractivity contribution < 1.29 is 14.3 Å². The van der Waals surface area contributed by atoms with Crippen molar-refractivity contribution in [2.75, 3.05) is 7.11 Å². The van der Waals surface area contributed by atoms with E-state index in [1.807, 2.05) is 12.1 Å². The lowest BCUT2D eigenvalue weighted by Crippen LogP contribution is -2.34. The Bertz CT molecular complexity index is 843. The number of esters is 1. The van der Waals surface area contributed by atoms with E-state index < -0.39 is 0 Å². The fourth-order valence-electron chi connectivity index (χ4n) is 5.48. The van der Waals surface area contributed by atoms with Crippen LogP contribution in [0.3, 0.4) is 0 Å². The van der Waals surface area contributed by atoms with Gasteiger partial charge in [0.25, 0.3) is 0 Å². The molecule has 0 heterocycles. The lowest BCUT2D eigenvalue weighted by Gasteiger charge is -2.42. The second kappa shape index (κ2) is 7.98. The smallest absolute Gasteiger partial charge is 0.308 e. The number of methoxy groups -OCH3 is 1. The fraction of sp³-hybridized carbons (Fsp3) is 0.480. The molecule has 0 aliphatic heterocycles. The van der Waals surface area contributed by atoms with Crippen molar-refractivity contribution in [2.24, 2.45) is 0 Å². The van der Waals surface area contributed by atoms with E-state index in [4.69, 9.17) is 9.47 Å². The normalized spacial score (nSPS) is 15.9. The quantitative estimate of drug-likeness (QED) is 0.474. The number of hydrogen-bond acceptors (Lipinski definition) is 3. The van der Waals surface area contributed by atoms with Gasteiger partial charge in [0.2, 0.25) is 0 Å². The summed E-state index contributed by atoms with van der Waals surface area (Å²) in [6.45, 7) is 10.2. The van der Waals surface area contributed by atoms with Crippen molar-refractivity contribution in [3.8, 4) is 11.5 Å². The summed E-state index contributed by atoms with van der Waals surface area (Å²) in [6, 6.07) is 8.37. The van der Waals surface area contributed by atoms with Crippen LogP contribution in [-0.2, 0) is 10.2 Å². The average Bonchev–Trinajstić information content (AvgIpc) is 2.60. The van der Waals surface area contributed by atoms with Crippen LogP contribution in [-0.4, -0.2) is 13.1 Å². The number of rotatable bonds is 4. The average molecular weight is 381 g/mol. The number of benzene rings is 2. The second-order valence-corrected chi connectivity index (χ2v) is 8.30. The minimum absolute atomic E-state index is 0.00160. The first-order chi connectivity index (χ1) is 13.3. The SMILES string of the molecule is COc1cc(C)c(C2(c3c(C)cc(OC(C)=O)cc3C)CCCCC2)c(C)c1. The molecule has 0 N–H and O–H groups in total. The largest absolute Gasteiger partial charge is 0.497 e. The first-order valence-corrected chi connectivity index (χ1v) is 10.2. The van der Waals surface area contributed by atoms with Crippen LogP contribution in [0.5, 0.6) is 11.5 Å². The molecule has 0 saturated heterocycles. The molecule has 2 aromatic carbocycles. The van der Waals surface area contributed by atoms with Crippen molar-refractivity contribution in [1.29, 1.82) is 0 Å². The summed E-state index contributed by atoms with van der Waals surface area (Å²) in [7, 11) is 1.73. The molecular formula is C25H32O3. The van der Waals surface area contributed by atoms with Gasteiger partial charge < -0.3 is 9.47 Å². The molecule has 1 fully saturated rings. The highest BCUT2D eigenvalue weighted by Gasteiger charge is 2.40. The Morgan fingerprint density at radius 3 is 1.61 bits per heavy atom. The summed E-state index contributed by atoms with van der Waals surface area (Å²) in [5, 5.41) is 0. The van der Waals surface area contributed by atoms with Crippen LogP contribution in [0.15, 0.2) is 24.3 Å². The van der Waals surface area contributed by atoms with E-state index in [1.54, 1.807) is 7.11 Å². The van der Waals surface area contributed by atoms with Gasteiger partial charge in [0.05, 0.1) is 7.11 Å². The van der Waals surface area contributed by atoms with Crippen LogP contribution in [0, 0.1) is 27.7 Å². The van der Waals surface area contributed by atoms with E-state index in [1.165, 1.54) is 59.6 Å². The first-order valence-electron chi connectivity index (χ1n) is 10.2. The highest BCUT2D eigenvalue weighted by molar-refractivity contribution is 5.69. The van der Waals surface area contributed by atoms with Crippen LogP contribution in [0.25, 0.3) is 0 Å². The Morgan fingerprint density at radius 1 is 0.786 bits per heavy atom.